The Bertz CT molecular complexity index is 701. The van der Waals surface area contributed by atoms with Crippen LogP contribution in [-0.2, 0) is 16.1 Å². The Hall–Kier alpha value is -2.06. The number of fused-ring (bicyclic) bond motifs is 1. The zero-order valence-corrected chi connectivity index (χ0v) is 12.7. The van der Waals surface area contributed by atoms with Crippen LogP contribution in [0.3, 0.4) is 0 Å². The van der Waals surface area contributed by atoms with Crippen molar-refractivity contribution in [1.82, 2.24) is 9.55 Å². The number of alkyl halides is 1. The van der Waals surface area contributed by atoms with Gasteiger partial charge in [0, 0.05) is 6.54 Å². The van der Waals surface area contributed by atoms with Gasteiger partial charge < -0.3 is 9.30 Å². The topological polar surface area (TPSA) is 67.9 Å². The van der Waals surface area contributed by atoms with Crippen LogP contribution in [0, 0.1) is 11.3 Å². The summed E-state index contributed by atoms with van der Waals surface area (Å²) < 4.78 is 6.82. The number of esters is 1. The standard InChI is InChI=1S/C15H16ClN3O2/c1-3-21-14(20)6-7-19-13-8-11(9-17)4-5-12(13)18-15(19)10(2)16/h4-5,8,10H,3,6-7H2,1-2H3. The molecule has 1 heterocycles. The predicted molar refractivity (Wildman–Crippen MR) is 80.0 cm³/mol. The van der Waals surface area contributed by atoms with Crippen molar-refractivity contribution in [2.75, 3.05) is 6.61 Å². The number of hydrogen-bond acceptors (Lipinski definition) is 4. The number of carbonyl (C=O) groups is 1. The summed E-state index contributed by atoms with van der Waals surface area (Å²) in [5, 5.41) is 8.73. The maximum Gasteiger partial charge on any atom is 0.307 e. The summed E-state index contributed by atoms with van der Waals surface area (Å²) in [4.78, 5) is 16.0. The molecule has 0 aliphatic carbocycles. The molecule has 2 rings (SSSR count). The Balaban J connectivity index is 2.40. The molecule has 0 amide bonds. The van der Waals surface area contributed by atoms with E-state index in [1.54, 1.807) is 25.1 Å². The van der Waals surface area contributed by atoms with Gasteiger partial charge in [-0.15, -0.1) is 11.6 Å². The van der Waals surface area contributed by atoms with E-state index in [1.165, 1.54) is 0 Å². The molecule has 0 aliphatic rings. The van der Waals surface area contributed by atoms with Gasteiger partial charge in [-0.2, -0.15) is 5.26 Å². The van der Waals surface area contributed by atoms with E-state index < -0.39 is 0 Å². The van der Waals surface area contributed by atoms with Crippen molar-refractivity contribution in [3.63, 3.8) is 0 Å². The van der Waals surface area contributed by atoms with Crippen LogP contribution in [0.25, 0.3) is 11.0 Å². The number of carbonyl (C=O) groups excluding carboxylic acids is 1. The Morgan fingerprint density at radius 2 is 2.33 bits per heavy atom. The van der Waals surface area contributed by atoms with Gasteiger partial charge in [-0.05, 0) is 32.0 Å². The van der Waals surface area contributed by atoms with E-state index >= 15 is 0 Å². The minimum Gasteiger partial charge on any atom is -0.466 e. The number of ether oxygens (including phenoxy) is 1. The largest absolute Gasteiger partial charge is 0.466 e. The summed E-state index contributed by atoms with van der Waals surface area (Å²) in [6, 6.07) is 7.37. The molecule has 0 bridgehead atoms. The first-order valence-corrected chi connectivity index (χ1v) is 7.20. The Labute approximate surface area is 128 Å². The lowest BCUT2D eigenvalue weighted by Gasteiger charge is -2.10. The van der Waals surface area contributed by atoms with E-state index in [1.807, 2.05) is 11.5 Å². The van der Waals surface area contributed by atoms with Crippen LogP contribution < -0.4 is 0 Å². The predicted octanol–water partition coefficient (Wildman–Crippen LogP) is 3.16. The molecule has 21 heavy (non-hydrogen) atoms. The minimum atomic E-state index is -0.287. The first-order chi connectivity index (χ1) is 10.1. The molecule has 1 aromatic heterocycles. The Kier molecular flexibility index (Phi) is 4.81. The summed E-state index contributed by atoms with van der Waals surface area (Å²) in [5.74, 6) is 0.426. The van der Waals surface area contributed by atoms with E-state index in [9.17, 15) is 4.79 Å². The zero-order chi connectivity index (χ0) is 15.4. The van der Waals surface area contributed by atoms with Crippen molar-refractivity contribution < 1.29 is 9.53 Å². The van der Waals surface area contributed by atoms with Crippen LogP contribution in [0.15, 0.2) is 18.2 Å². The lowest BCUT2D eigenvalue weighted by atomic mass is 10.2. The number of nitrogens with zero attached hydrogens (tertiary/aromatic N) is 3. The number of aromatic nitrogens is 2. The van der Waals surface area contributed by atoms with Gasteiger partial charge in [0.05, 0.1) is 41.1 Å². The number of nitriles is 1. The van der Waals surface area contributed by atoms with Gasteiger partial charge in [0.1, 0.15) is 5.82 Å². The Morgan fingerprint density at radius 3 is 2.95 bits per heavy atom. The second-order valence-electron chi connectivity index (χ2n) is 4.61. The van der Waals surface area contributed by atoms with Gasteiger partial charge in [-0.3, -0.25) is 4.79 Å². The molecule has 1 atom stereocenters. The maximum atomic E-state index is 11.5. The summed E-state index contributed by atoms with van der Waals surface area (Å²) in [5.41, 5.74) is 2.12. The Morgan fingerprint density at radius 1 is 1.57 bits per heavy atom. The fourth-order valence-electron chi connectivity index (χ4n) is 2.19. The van der Waals surface area contributed by atoms with Crippen LogP contribution in [0.1, 0.15) is 37.0 Å². The molecule has 0 fully saturated rings. The van der Waals surface area contributed by atoms with Crippen molar-refractivity contribution in [1.29, 1.82) is 5.26 Å². The molecule has 6 heteroatoms. The molecule has 0 spiro atoms. The molecular weight excluding hydrogens is 290 g/mol. The molecule has 5 nitrogen and oxygen atoms in total. The van der Waals surface area contributed by atoms with Crippen LogP contribution in [0.5, 0.6) is 0 Å². The lowest BCUT2D eigenvalue weighted by Crippen LogP contribution is -2.11. The van der Waals surface area contributed by atoms with E-state index in [2.05, 4.69) is 11.1 Å². The average molecular weight is 306 g/mol. The highest BCUT2D eigenvalue weighted by Gasteiger charge is 2.16. The first kappa shape index (κ1) is 15.3. The molecule has 0 saturated heterocycles. The van der Waals surface area contributed by atoms with Crippen LogP contribution >= 0.6 is 11.6 Å². The van der Waals surface area contributed by atoms with Crippen molar-refractivity contribution in [2.24, 2.45) is 0 Å². The number of aryl methyl sites for hydroxylation is 1. The van der Waals surface area contributed by atoms with Crippen LogP contribution in [0.2, 0.25) is 0 Å². The second kappa shape index (κ2) is 6.59. The molecule has 110 valence electrons. The van der Waals surface area contributed by atoms with Gasteiger partial charge in [-0.25, -0.2) is 4.98 Å². The minimum absolute atomic E-state index is 0.243. The number of hydrogen-bond donors (Lipinski definition) is 0. The number of imidazole rings is 1. The molecule has 0 aliphatic heterocycles. The van der Waals surface area contributed by atoms with E-state index in [4.69, 9.17) is 21.6 Å². The number of rotatable bonds is 5. The summed E-state index contributed by atoms with van der Waals surface area (Å²) in [6.07, 6.45) is 0.243. The maximum absolute atomic E-state index is 11.5. The van der Waals surface area contributed by atoms with Gasteiger partial charge in [0.15, 0.2) is 0 Å². The molecule has 1 unspecified atom stereocenters. The first-order valence-electron chi connectivity index (χ1n) is 6.76. The number of halogens is 1. The van der Waals surface area contributed by atoms with E-state index in [0.717, 1.165) is 11.0 Å². The third kappa shape index (κ3) is 3.34. The highest BCUT2D eigenvalue weighted by atomic mass is 35.5. The molecule has 0 radical (unpaired) electrons. The summed E-state index contributed by atoms with van der Waals surface area (Å²) in [7, 11) is 0. The molecule has 2 aromatic rings. The smallest absolute Gasteiger partial charge is 0.307 e. The molecule has 1 aromatic carbocycles. The number of benzene rings is 1. The van der Waals surface area contributed by atoms with Crippen LogP contribution in [-0.4, -0.2) is 22.1 Å². The third-order valence-electron chi connectivity index (χ3n) is 3.11. The quantitative estimate of drug-likeness (QED) is 0.628. The van der Waals surface area contributed by atoms with Gasteiger partial charge in [-0.1, -0.05) is 0 Å². The summed E-state index contributed by atoms with van der Waals surface area (Å²) in [6.45, 7) is 4.39. The lowest BCUT2D eigenvalue weighted by molar-refractivity contribution is -0.143. The summed E-state index contributed by atoms with van der Waals surface area (Å²) >= 11 is 6.17. The highest BCUT2D eigenvalue weighted by molar-refractivity contribution is 6.20. The molecular formula is C15H16ClN3O2. The van der Waals surface area contributed by atoms with Crippen molar-refractivity contribution in [2.45, 2.75) is 32.2 Å². The van der Waals surface area contributed by atoms with Crippen molar-refractivity contribution in [3.8, 4) is 6.07 Å². The SMILES string of the molecule is CCOC(=O)CCn1c(C(C)Cl)nc2ccc(C#N)cc21. The zero-order valence-electron chi connectivity index (χ0n) is 12.0. The van der Waals surface area contributed by atoms with Gasteiger partial charge in [0.2, 0.25) is 0 Å². The molecule has 0 saturated carbocycles. The van der Waals surface area contributed by atoms with Crippen LogP contribution in [0.4, 0.5) is 0 Å². The van der Waals surface area contributed by atoms with Gasteiger partial charge in [0.25, 0.3) is 0 Å². The fourth-order valence-corrected chi connectivity index (χ4v) is 2.35. The van der Waals surface area contributed by atoms with Gasteiger partial charge >= 0.3 is 5.97 Å². The van der Waals surface area contributed by atoms with Crippen molar-refractivity contribution >= 4 is 28.6 Å². The van der Waals surface area contributed by atoms with Crippen molar-refractivity contribution in [3.05, 3.63) is 29.6 Å². The highest BCUT2D eigenvalue weighted by Crippen LogP contribution is 2.25. The second-order valence-corrected chi connectivity index (χ2v) is 5.26. The average Bonchev–Trinajstić information content (AvgIpc) is 2.83. The fraction of sp³-hybridized carbons (Fsp3) is 0.400. The normalized spacial score (nSPS) is 12.1. The van der Waals surface area contributed by atoms with E-state index in [-0.39, 0.29) is 17.8 Å². The monoisotopic (exact) mass is 305 g/mol. The molecule has 0 N–H and O–H groups in total. The third-order valence-corrected chi connectivity index (χ3v) is 3.30. The van der Waals surface area contributed by atoms with E-state index in [0.29, 0.717) is 24.5 Å².